The van der Waals surface area contributed by atoms with Crippen LogP contribution in [0.25, 0.3) is 0 Å². The number of thioether (sulfide) groups is 1. The van der Waals surface area contributed by atoms with Gasteiger partial charge in [0.1, 0.15) is 11.0 Å². The van der Waals surface area contributed by atoms with Crippen molar-refractivity contribution in [1.29, 1.82) is 0 Å². The molecule has 1 rings (SSSR count). The highest BCUT2D eigenvalue weighted by Crippen LogP contribution is 2.32. The number of ether oxygens (including phenoxy) is 2. The predicted molar refractivity (Wildman–Crippen MR) is 69.4 cm³/mol. The van der Waals surface area contributed by atoms with Crippen LogP contribution in [0.15, 0.2) is 23.1 Å². The van der Waals surface area contributed by atoms with Crippen molar-refractivity contribution in [2.24, 2.45) is 0 Å². The Hall–Kier alpha value is -1.36. The molecule has 0 heterocycles. The van der Waals surface area contributed by atoms with Crippen LogP contribution >= 0.6 is 11.8 Å². The van der Waals surface area contributed by atoms with Crippen molar-refractivity contribution in [3.05, 3.63) is 18.2 Å². The topological polar surface area (TPSA) is 61.5 Å². The number of hydrogen-bond donors (Lipinski definition) is 1. The molecule has 0 saturated heterocycles. The normalized spacial score (nSPS) is 11.9. The average Bonchev–Trinajstić information content (AvgIpc) is 2.32. The number of hydrogen-bond acceptors (Lipinski definition) is 5. The Morgan fingerprint density at radius 2 is 2.24 bits per heavy atom. The number of nitrogens with two attached hydrogens (primary N) is 1. The van der Waals surface area contributed by atoms with E-state index >= 15 is 0 Å². The SMILES string of the molecule is CCOC(=O)C(C)Sc1cc(OC)ccc1N. The second-order valence-corrected chi connectivity index (χ2v) is 4.80. The third-order valence-corrected chi connectivity index (χ3v) is 3.30. The maximum Gasteiger partial charge on any atom is 0.319 e. The van der Waals surface area contributed by atoms with E-state index in [0.717, 1.165) is 10.6 Å². The Labute approximate surface area is 105 Å². The summed E-state index contributed by atoms with van der Waals surface area (Å²) in [5.74, 6) is 0.484. The molecule has 4 nitrogen and oxygen atoms in total. The highest BCUT2D eigenvalue weighted by molar-refractivity contribution is 8.00. The Kier molecular flexibility index (Phi) is 5.15. The quantitative estimate of drug-likeness (QED) is 0.497. The minimum Gasteiger partial charge on any atom is -0.497 e. The number of rotatable bonds is 5. The lowest BCUT2D eigenvalue weighted by Gasteiger charge is -2.12. The molecule has 0 bridgehead atoms. The Morgan fingerprint density at radius 1 is 1.53 bits per heavy atom. The first-order valence-electron chi connectivity index (χ1n) is 5.35. The first kappa shape index (κ1) is 13.7. The standard InChI is InChI=1S/C12H17NO3S/c1-4-16-12(14)8(2)17-11-7-9(15-3)5-6-10(11)13/h5-8H,4,13H2,1-3H3. The van der Waals surface area contributed by atoms with E-state index in [4.69, 9.17) is 15.2 Å². The third kappa shape index (κ3) is 3.85. The molecule has 17 heavy (non-hydrogen) atoms. The molecule has 94 valence electrons. The van der Waals surface area contributed by atoms with Gasteiger partial charge in [0.25, 0.3) is 0 Å². The van der Waals surface area contributed by atoms with E-state index in [2.05, 4.69) is 0 Å². The second kappa shape index (κ2) is 6.39. The third-order valence-electron chi connectivity index (χ3n) is 2.14. The summed E-state index contributed by atoms with van der Waals surface area (Å²) in [6.45, 7) is 3.97. The lowest BCUT2D eigenvalue weighted by atomic mass is 10.3. The summed E-state index contributed by atoms with van der Waals surface area (Å²) >= 11 is 1.37. The molecule has 0 aromatic heterocycles. The fourth-order valence-corrected chi connectivity index (χ4v) is 2.18. The van der Waals surface area contributed by atoms with Crippen molar-refractivity contribution in [2.45, 2.75) is 24.0 Å². The monoisotopic (exact) mass is 255 g/mol. The van der Waals surface area contributed by atoms with Gasteiger partial charge in [0.15, 0.2) is 0 Å². The molecule has 1 aromatic carbocycles. The molecule has 5 heteroatoms. The molecule has 1 aromatic rings. The molecule has 1 unspecified atom stereocenters. The van der Waals surface area contributed by atoms with Crippen LogP contribution in [-0.4, -0.2) is 24.9 Å². The van der Waals surface area contributed by atoms with Gasteiger partial charge in [-0.3, -0.25) is 4.79 Å². The number of esters is 1. The molecular weight excluding hydrogens is 238 g/mol. The first-order valence-corrected chi connectivity index (χ1v) is 6.23. The maximum absolute atomic E-state index is 11.5. The number of methoxy groups -OCH3 is 1. The number of carbonyl (C=O) groups is 1. The van der Waals surface area contributed by atoms with Crippen LogP contribution in [0.3, 0.4) is 0 Å². The zero-order chi connectivity index (χ0) is 12.8. The summed E-state index contributed by atoms with van der Waals surface area (Å²) in [5, 5.41) is -0.288. The molecule has 0 fully saturated rings. The highest BCUT2D eigenvalue weighted by atomic mass is 32.2. The Morgan fingerprint density at radius 3 is 2.82 bits per heavy atom. The van der Waals surface area contributed by atoms with Crippen LogP contribution in [-0.2, 0) is 9.53 Å². The van der Waals surface area contributed by atoms with E-state index in [-0.39, 0.29) is 11.2 Å². The van der Waals surface area contributed by atoms with Crippen molar-refractivity contribution < 1.29 is 14.3 Å². The number of benzene rings is 1. The Balaban J connectivity index is 2.76. The fourth-order valence-electron chi connectivity index (χ4n) is 1.24. The van der Waals surface area contributed by atoms with Gasteiger partial charge in [-0.25, -0.2) is 0 Å². The van der Waals surface area contributed by atoms with Gasteiger partial charge >= 0.3 is 5.97 Å². The highest BCUT2D eigenvalue weighted by Gasteiger charge is 2.17. The molecule has 1 atom stereocenters. The fraction of sp³-hybridized carbons (Fsp3) is 0.417. The second-order valence-electron chi connectivity index (χ2n) is 3.42. The van der Waals surface area contributed by atoms with Gasteiger partial charge in [-0.1, -0.05) is 0 Å². The van der Waals surface area contributed by atoms with Crippen molar-refractivity contribution >= 4 is 23.4 Å². The average molecular weight is 255 g/mol. The van der Waals surface area contributed by atoms with Gasteiger partial charge < -0.3 is 15.2 Å². The van der Waals surface area contributed by atoms with E-state index in [9.17, 15) is 4.79 Å². The van der Waals surface area contributed by atoms with Gasteiger partial charge in [0, 0.05) is 10.6 Å². The number of anilines is 1. The summed E-state index contributed by atoms with van der Waals surface area (Å²) in [5.41, 5.74) is 6.47. The summed E-state index contributed by atoms with van der Waals surface area (Å²) in [6.07, 6.45) is 0. The Bertz CT molecular complexity index is 395. The molecule has 0 aliphatic heterocycles. The molecule has 0 aliphatic carbocycles. The maximum atomic E-state index is 11.5. The van der Waals surface area contributed by atoms with Crippen molar-refractivity contribution in [3.63, 3.8) is 0 Å². The minimum atomic E-state index is -0.288. The van der Waals surface area contributed by atoms with Crippen LogP contribution in [0, 0.1) is 0 Å². The lowest BCUT2D eigenvalue weighted by Crippen LogP contribution is -2.16. The zero-order valence-electron chi connectivity index (χ0n) is 10.2. The summed E-state index contributed by atoms with van der Waals surface area (Å²) in [4.78, 5) is 12.3. The molecule has 0 saturated carbocycles. The smallest absolute Gasteiger partial charge is 0.319 e. The van der Waals surface area contributed by atoms with Crippen LogP contribution in [0.2, 0.25) is 0 Å². The molecular formula is C12H17NO3S. The van der Waals surface area contributed by atoms with E-state index in [1.54, 1.807) is 33.1 Å². The van der Waals surface area contributed by atoms with Crippen molar-refractivity contribution in [3.8, 4) is 5.75 Å². The van der Waals surface area contributed by atoms with Crippen LogP contribution in [0.1, 0.15) is 13.8 Å². The summed E-state index contributed by atoms with van der Waals surface area (Å²) in [6, 6.07) is 5.36. The molecule has 0 radical (unpaired) electrons. The van der Waals surface area contributed by atoms with Crippen LogP contribution in [0.4, 0.5) is 5.69 Å². The lowest BCUT2D eigenvalue weighted by molar-refractivity contribution is -0.142. The van der Waals surface area contributed by atoms with Gasteiger partial charge in [-0.2, -0.15) is 0 Å². The van der Waals surface area contributed by atoms with E-state index in [1.807, 2.05) is 6.07 Å². The molecule has 0 spiro atoms. The first-order chi connectivity index (χ1) is 8.08. The molecule has 2 N–H and O–H groups in total. The van der Waals surface area contributed by atoms with Gasteiger partial charge in [-0.15, -0.1) is 11.8 Å². The molecule has 0 amide bonds. The van der Waals surface area contributed by atoms with Crippen molar-refractivity contribution in [1.82, 2.24) is 0 Å². The summed E-state index contributed by atoms with van der Waals surface area (Å²) in [7, 11) is 1.59. The van der Waals surface area contributed by atoms with Gasteiger partial charge in [-0.05, 0) is 32.0 Å². The number of carbonyl (C=O) groups excluding carboxylic acids is 1. The summed E-state index contributed by atoms with van der Waals surface area (Å²) < 4.78 is 10.1. The van der Waals surface area contributed by atoms with Crippen LogP contribution in [0.5, 0.6) is 5.75 Å². The molecule has 0 aliphatic rings. The zero-order valence-corrected chi connectivity index (χ0v) is 11.0. The largest absolute Gasteiger partial charge is 0.497 e. The predicted octanol–water partition coefficient (Wildman–Crippen LogP) is 2.32. The van der Waals surface area contributed by atoms with Crippen molar-refractivity contribution in [2.75, 3.05) is 19.5 Å². The van der Waals surface area contributed by atoms with E-state index in [1.165, 1.54) is 11.8 Å². The van der Waals surface area contributed by atoms with Gasteiger partial charge in [0.05, 0.1) is 13.7 Å². The van der Waals surface area contributed by atoms with E-state index in [0.29, 0.717) is 12.3 Å². The van der Waals surface area contributed by atoms with Gasteiger partial charge in [0.2, 0.25) is 0 Å². The van der Waals surface area contributed by atoms with E-state index < -0.39 is 0 Å². The minimum absolute atomic E-state index is 0.236. The van der Waals surface area contributed by atoms with Crippen LogP contribution < -0.4 is 10.5 Å². The number of nitrogen functional groups attached to an aromatic ring is 1.